The fourth-order valence-electron chi connectivity index (χ4n) is 2.23. The van der Waals surface area contributed by atoms with E-state index in [9.17, 15) is 4.79 Å². The van der Waals surface area contributed by atoms with Crippen LogP contribution < -0.4 is 10.1 Å². The van der Waals surface area contributed by atoms with Crippen LogP contribution in [0.15, 0.2) is 54.0 Å². The van der Waals surface area contributed by atoms with E-state index in [1.807, 2.05) is 47.8 Å². The molecule has 1 N–H and O–H groups in total. The van der Waals surface area contributed by atoms with Crippen molar-refractivity contribution in [1.82, 2.24) is 9.97 Å². The predicted molar refractivity (Wildman–Crippen MR) is 99.9 cm³/mol. The van der Waals surface area contributed by atoms with Gasteiger partial charge in [-0.05, 0) is 36.2 Å². The molecule has 0 radical (unpaired) electrons. The third-order valence-corrected chi connectivity index (χ3v) is 4.37. The fourth-order valence-corrected chi connectivity index (χ4v) is 2.95. The molecular formula is C19H19N3O2S. The number of amides is 1. The van der Waals surface area contributed by atoms with Gasteiger partial charge in [-0.25, -0.2) is 4.98 Å². The first kappa shape index (κ1) is 17.1. The number of ether oxygens (including phenoxy) is 1. The molecule has 2 aromatic heterocycles. The van der Waals surface area contributed by atoms with Gasteiger partial charge in [0.1, 0.15) is 11.4 Å². The molecule has 128 valence electrons. The second-order valence-corrected chi connectivity index (χ2v) is 6.26. The van der Waals surface area contributed by atoms with Crippen LogP contribution in [0.3, 0.4) is 0 Å². The van der Waals surface area contributed by atoms with E-state index in [-0.39, 0.29) is 12.3 Å². The molecule has 6 heteroatoms. The highest BCUT2D eigenvalue weighted by Crippen LogP contribution is 2.23. The van der Waals surface area contributed by atoms with E-state index in [0.717, 1.165) is 23.6 Å². The third-order valence-electron chi connectivity index (χ3n) is 3.61. The van der Waals surface area contributed by atoms with Gasteiger partial charge in [0.2, 0.25) is 5.91 Å². The summed E-state index contributed by atoms with van der Waals surface area (Å²) in [6.07, 6.45) is 2.99. The minimum absolute atomic E-state index is 0.118. The molecule has 3 rings (SSSR count). The summed E-state index contributed by atoms with van der Waals surface area (Å²) < 4.78 is 5.60. The first-order valence-corrected chi connectivity index (χ1v) is 9.01. The lowest BCUT2D eigenvalue weighted by molar-refractivity contribution is -0.116. The molecule has 1 aromatic carbocycles. The number of hydrogen-bond donors (Lipinski definition) is 1. The monoisotopic (exact) mass is 353 g/mol. The lowest BCUT2D eigenvalue weighted by Gasteiger charge is -2.06. The number of hydrogen-bond acceptors (Lipinski definition) is 5. The number of thiazole rings is 1. The Morgan fingerprint density at radius 2 is 2.00 bits per heavy atom. The number of carbonyl (C=O) groups excluding carboxylic acids is 1. The van der Waals surface area contributed by atoms with Crippen molar-refractivity contribution < 1.29 is 9.53 Å². The molecule has 2 heterocycles. The molecule has 3 aromatic rings. The van der Waals surface area contributed by atoms with Gasteiger partial charge in [0.05, 0.1) is 18.7 Å². The van der Waals surface area contributed by atoms with Gasteiger partial charge in [0, 0.05) is 11.6 Å². The Hall–Kier alpha value is -2.73. The summed E-state index contributed by atoms with van der Waals surface area (Å²) in [5.41, 5.74) is 2.81. The Kier molecular flexibility index (Phi) is 5.74. The molecular weight excluding hydrogens is 334 g/mol. The highest BCUT2D eigenvalue weighted by Gasteiger charge is 2.09. The fraction of sp³-hybridized carbons (Fsp3) is 0.211. The molecule has 0 bridgehead atoms. The molecule has 0 aliphatic rings. The largest absolute Gasteiger partial charge is 0.493 e. The van der Waals surface area contributed by atoms with E-state index in [4.69, 9.17) is 4.74 Å². The van der Waals surface area contributed by atoms with E-state index in [1.54, 1.807) is 6.20 Å². The van der Waals surface area contributed by atoms with Crippen LogP contribution in [0, 0.1) is 0 Å². The van der Waals surface area contributed by atoms with Crippen molar-refractivity contribution in [3.8, 4) is 17.1 Å². The number of carbonyl (C=O) groups is 1. The highest BCUT2D eigenvalue weighted by molar-refractivity contribution is 7.14. The number of aryl methyl sites for hydroxylation is 1. The average molecular weight is 353 g/mol. The van der Waals surface area contributed by atoms with Crippen LogP contribution in [0.4, 0.5) is 5.13 Å². The summed E-state index contributed by atoms with van der Waals surface area (Å²) in [7, 11) is 0. The smallest absolute Gasteiger partial charge is 0.229 e. The lowest BCUT2D eigenvalue weighted by Crippen LogP contribution is -2.15. The predicted octanol–water partition coefficient (Wildman–Crippen LogP) is 4.18. The van der Waals surface area contributed by atoms with Crippen LogP contribution in [-0.4, -0.2) is 22.5 Å². The molecule has 0 aliphatic carbocycles. The number of benzene rings is 1. The maximum atomic E-state index is 12.0. The Bertz CT molecular complexity index is 816. The second-order valence-electron chi connectivity index (χ2n) is 5.40. The first-order chi connectivity index (χ1) is 12.2. The van der Waals surface area contributed by atoms with Gasteiger partial charge in [-0.2, -0.15) is 0 Å². The molecule has 0 atom stereocenters. The summed E-state index contributed by atoms with van der Waals surface area (Å²) >= 11 is 1.38. The third kappa shape index (κ3) is 4.87. The number of nitrogens with one attached hydrogen (secondary N) is 1. The van der Waals surface area contributed by atoms with Crippen molar-refractivity contribution >= 4 is 22.4 Å². The molecule has 0 saturated carbocycles. The Balaban J connectivity index is 1.47. The van der Waals surface area contributed by atoms with E-state index in [1.165, 1.54) is 16.9 Å². The SMILES string of the molecule is CCc1ccc(OCCC(=O)Nc2nc(-c3ccccn3)cs2)cc1. The molecule has 25 heavy (non-hydrogen) atoms. The van der Waals surface area contributed by atoms with Crippen molar-refractivity contribution in [2.75, 3.05) is 11.9 Å². The van der Waals surface area contributed by atoms with Gasteiger partial charge in [0.15, 0.2) is 5.13 Å². The summed E-state index contributed by atoms with van der Waals surface area (Å²) in [6.45, 7) is 2.44. The summed E-state index contributed by atoms with van der Waals surface area (Å²) in [4.78, 5) is 20.6. The number of aromatic nitrogens is 2. The normalized spacial score (nSPS) is 10.4. The minimum atomic E-state index is -0.118. The van der Waals surface area contributed by atoms with Crippen LogP contribution in [0.1, 0.15) is 18.9 Å². The van der Waals surface area contributed by atoms with Gasteiger partial charge in [-0.3, -0.25) is 9.78 Å². The van der Waals surface area contributed by atoms with Crippen molar-refractivity contribution in [3.05, 3.63) is 59.6 Å². The van der Waals surface area contributed by atoms with Gasteiger partial charge < -0.3 is 10.1 Å². The zero-order valence-corrected chi connectivity index (χ0v) is 14.8. The number of anilines is 1. The molecule has 0 aliphatic heterocycles. The van der Waals surface area contributed by atoms with Crippen LogP contribution in [0.25, 0.3) is 11.4 Å². The molecule has 5 nitrogen and oxygen atoms in total. The molecule has 0 unspecified atom stereocenters. The zero-order chi connectivity index (χ0) is 17.5. The number of rotatable bonds is 7. The van der Waals surface area contributed by atoms with Crippen LogP contribution in [0.5, 0.6) is 5.75 Å². The first-order valence-electron chi connectivity index (χ1n) is 8.13. The lowest BCUT2D eigenvalue weighted by atomic mass is 10.2. The maximum absolute atomic E-state index is 12.0. The Labute approximate surface area is 150 Å². The topological polar surface area (TPSA) is 64.1 Å². The number of nitrogens with zero attached hydrogens (tertiary/aromatic N) is 2. The van der Waals surface area contributed by atoms with E-state index >= 15 is 0 Å². The highest BCUT2D eigenvalue weighted by atomic mass is 32.1. The quantitative estimate of drug-likeness (QED) is 0.692. The second kappa shape index (κ2) is 8.39. The van der Waals surface area contributed by atoms with Crippen LogP contribution in [-0.2, 0) is 11.2 Å². The van der Waals surface area contributed by atoms with E-state index < -0.39 is 0 Å². The summed E-state index contributed by atoms with van der Waals surface area (Å²) in [5, 5.41) is 5.24. The Morgan fingerprint density at radius 1 is 1.16 bits per heavy atom. The average Bonchev–Trinajstić information content (AvgIpc) is 3.11. The van der Waals surface area contributed by atoms with Crippen molar-refractivity contribution in [2.24, 2.45) is 0 Å². The van der Waals surface area contributed by atoms with Crippen molar-refractivity contribution in [2.45, 2.75) is 19.8 Å². The van der Waals surface area contributed by atoms with E-state index in [2.05, 4.69) is 22.2 Å². The Morgan fingerprint density at radius 3 is 2.72 bits per heavy atom. The molecule has 0 spiro atoms. The molecule has 0 fully saturated rings. The molecule has 0 saturated heterocycles. The van der Waals surface area contributed by atoms with Crippen LogP contribution in [0.2, 0.25) is 0 Å². The van der Waals surface area contributed by atoms with Crippen molar-refractivity contribution in [3.63, 3.8) is 0 Å². The molecule has 1 amide bonds. The van der Waals surface area contributed by atoms with E-state index in [0.29, 0.717) is 11.7 Å². The van der Waals surface area contributed by atoms with Gasteiger partial charge >= 0.3 is 0 Å². The van der Waals surface area contributed by atoms with Gasteiger partial charge in [0.25, 0.3) is 0 Å². The number of pyridine rings is 1. The minimum Gasteiger partial charge on any atom is -0.493 e. The van der Waals surface area contributed by atoms with Crippen molar-refractivity contribution in [1.29, 1.82) is 0 Å². The standard InChI is InChI=1S/C19H19N3O2S/c1-2-14-6-8-15(9-7-14)24-12-10-18(23)22-19-21-17(13-25-19)16-5-3-4-11-20-16/h3-9,11,13H,2,10,12H2,1H3,(H,21,22,23). The maximum Gasteiger partial charge on any atom is 0.229 e. The summed E-state index contributed by atoms with van der Waals surface area (Å²) in [5.74, 6) is 0.656. The van der Waals surface area contributed by atoms with Gasteiger partial charge in [-0.1, -0.05) is 25.1 Å². The van der Waals surface area contributed by atoms with Gasteiger partial charge in [-0.15, -0.1) is 11.3 Å². The summed E-state index contributed by atoms with van der Waals surface area (Å²) in [6, 6.07) is 13.6. The van der Waals surface area contributed by atoms with Crippen LogP contribution >= 0.6 is 11.3 Å². The zero-order valence-electron chi connectivity index (χ0n) is 13.9.